The van der Waals surface area contributed by atoms with Crippen LogP contribution in [-0.2, 0) is 6.54 Å². The van der Waals surface area contributed by atoms with Crippen molar-refractivity contribution in [3.8, 4) is 0 Å². The highest BCUT2D eigenvalue weighted by molar-refractivity contribution is 9.10. The van der Waals surface area contributed by atoms with Crippen LogP contribution in [0.25, 0.3) is 0 Å². The highest BCUT2D eigenvalue weighted by Gasteiger charge is 2.16. The van der Waals surface area contributed by atoms with Crippen LogP contribution in [-0.4, -0.2) is 31.3 Å². The first-order chi connectivity index (χ1) is 7.83. The van der Waals surface area contributed by atoms with Crippen molar-refractivity contribution in [2.45, 2.75) is 26.0 Å². The molecule has 0 aliphatic heterocycles. The van der Waals surface area contributed by atoms with Gasteiger partial charge in [0.15, 0.2) is 0 Å². The number of aliphatic hydroxyl groups is 1. The van der Waals surface area contributed by atoms with Gasteiger partial charge in [-0.15, -0.1) is 0 Å². The Hall–Kier alpha value is -0.580. The van der Waals surface area contributed by atoms with E-state index in [-0.39, 0.29) is 0 Å². The van der Waals surface area contributed by atoms with E-state index in [0.717, 1.165) is 16.7 Å². The standard InChI is InChI=1S/C13H21BrN2O/c1-13(2,17)9-16(4)11-6-5-10(8-15-3)12(14)7-11/h5-7,15,17H,8-9H2,1-4H3. The fourth-order valence-electron chi connectivity index (χ4n) is 1.78. The lowest BCUT2D eigenvalue weighted by Gasteiger charge is -2.27. The molecule has 3 nitrogen and oxygen atoms in total. The average molecular weight is 301 g/mol. The van der Waals surface area contributed by atoms with Gasteiger partial charge >= 0.3 is 0 Å². The zero-order valence-electron chi connectivity index (χ0n) is 10.9. The molecule has 0 amide bonds. The van der Waals surface area contributed by atoms with Crippen molar-refractivity contribution in [1.29, 1.82) is 0 Å². The molecule has 0 atom stereocenters. The van der Waals surface area contributed by atoms with E-state index in [9.17, 15) is 5.11 Å². The Morgan fingerprint density at radius 1 is 1.41 bits per heavy atom. The Kier molecular flexibility index (Phi) is 4.98. The molecule has 0 spiro atoms. The summed E-state index contributed by atoms with van der Waals surface area (Å²) in [5.74, 6) is 0. The molecule has 17 heavy (non-hydrogen) atoms. The van der Waals surface area contributed by atoms with Crippen LogP contribution in [0.15, 0.2) is 22.7 Å². The van der Waals surface area contributed by atoms with Crippen LogP contribution in [0.3, 0.4) is 0 Å². The van der Waals surface area contributed by atoms with Crippen LogP contribution >= 0.6 is 15.9 Å². The maximum Gasteiger partial charge on any atom is 0.0765 e. The number of anilines is 1. The van der Waals surface area contributed by atoms with Gasteiger partial charge in [0.1, 0.15) is 0 Å². The Balaban J connectivity index is 2.82. The zero-order valence-corrected chi connectivity index (χ0v) is 12.5. The Bertz CT molecular complexity index is 374. The van der Waals surface area contributed by atoms with E-state index in [0.29, 0.717) is 6.54 Å². The van der Waals surface area contributed by atoms with Crippen molar-refractivity contribution in [3.05, 3.63) is 28.2 Å². The van der Waals surface area contributed by atoms with Crippen LogP contribution in [0.1, 0.15) is 19.4 Å². The summed E-state index contributed by atoms with van der Waals surface area (Å²) in [5.41, 5.74) is 1.64. The molecule has 1 aromatic carbocycles. The molecule has 4 heteroatoms. The number of halogens is 1. The summed E-state index contributed by atoms with van der Waals surface area (Å²) in [4.78, 5) is 2.05. The van der Waals surface area contributed by atoms with Crippen molar-refractivity contribution in [2.24, 2.45) is 0 Å². The van der Waals surface area contributed by atoms with E-state index in [1.165, 1.54) is 5.56 Å². The minimum Gasteiger partial charge on any atom is -0.389 e. The summed E-state index contributed by atoms with van der Waals surface area (Å²) in [6.07, 6.45) is 0. The van der Waals surface area contributed by atoms with Crippen molar-refractivity contribution >= 4 is 21.6 Å². The number of likely N-dealkylation sites (N-methyl/N-ethyl adjacent to an activating group) is 1. The summed E-state index contributed by atoms with van der Waals surface area (Å²) >= 11 is 3.57. The third-order valence-electron chi connectivity index (χ3n) is 2.47. The topological polar surface area (TPSA) is 35.5 Å². The number of nitrogens with zero attached hydrogens (tertiary/aromatic N) is 1. The monoisotopic (exact) mass is 300 g/mol. The molecule has 2 N–H and O–H groups in total. The van der Waals surface area contributed by atoms with Gasteiger partial charge in [0, 0.05) is 30.3 Å². The summed E-state index contributed by atoms with van der Waals surface area (Å²) in [6, 6.07) is 6.25. The first kappa shape index (κ1) is 14.5. The minimum absolute atomic E-state index is 0.602. The SMILES string of the molecule is CNCc1ccc(N(C)CC(C)(C)O)cc1Br. The van der Waals surface area contributed by atoms with Crippen molar-refractivity contribution < 1.29 is 5.11 Å². The molecule has 1 rings (SSSR count). The van der Waals surface area contributed by atoms with Gasteiger partial charge in [-0.1, -0.05) is 22.0 Å². The zero-order chi connectivity index (χ0) is 13.1. The molecule has 0 aromatic heterocycles. The lowest BCUT2D eigenvalue weighted by atomic mass is 10.1. The van der Waals surface area contributed by atoms with Gasteiger partial charge in [-0.05, 0) is 38.6 Å². The Labute approximate surface area is 112 Å². The molecule has 0 heterocycles. The van der Waals surface area contributed by atoms with Crippen LogP contribution in [0, 0.1) is 0 Å². The number of hydrogen-bond donors (Lipinski definition) is 2. The smallest absolute Gasteiger partial charge is 0.0765 e. The second-order valence-electron chi connectivity index (χ2n) is 4.97. The van der Waals surface area contributed by atoms with E-state index >= 15 is 0 Å². The fraction of sp³-hybridized carbons (Fsp3) is 0.538. The second kappa shape index (κ2) is 5.85. The largest absolute Gasteiger partial charge is 0.389 e. The highest BCUT2D eigenvalue weighted by Crippen LogP contribution is 2.24. The van der Waals surface area contributed by atoms with Gasteiger partial charge in [-0.25, -0.2) is 0 Å². The summed E-state index contributed by atoms with van der Waals surface area (Å²) in [6.45, 7) is 5.07. The van der Waals surface area contributed by atoms with Crippen LogP contribution < -0.4 is 10.2 Å². The number of benzene rings is 1. The average Bonchev–Trinajstić information content (AvgIpc) is 2.18. The molecule has 0 saturated heterocycles. The molecule has 0 saturated carbocycles. The molecule has 96 valence electrons. The van der Waals surface area contributed by atoms with Gasteiger partial charge in [-0.2, -0.15) is 0 Å². The van der Waals surface area contributed by atoms with E-state index < -0.39 is 5.60 Å². The maximum absolute atomic E-state index is 9.79. The van der Waals surface area contributed by atoms with Crippen LogP contribution in [0.2, 0.25) is 0 Å². The van der Waals surface area contributed by atoms with Crippen molar-refractivity contribution in [2.75, 3.05) is 25.5 Å². The summed E-state index contributed by atoms with van der Waals surface area (Å²) in [5, 5.41) is 12.9. The molecule has 0 radical (unpaired) electrons. The lowest BCUT2D eigenvalue weighted by Crippen LogP contribution is -2.36. The Morgan fingerprint density at radius 2 is 2.06 bits per heavy atom. The van der Waals surface area contributed by atoms with Crippen LogP contribution in [0.5, 0.6) is 0 Å². The van der Waals surface area contributed by atoms with Crippen LogP contribution in [0.4, 0.5) is 5.69 Å². The van der Waals surface area contributed by atoms with E-state index in [1.807, 2.05) is 32.8 Å². The molecule has 1 aromatic rings. The second-order valence-corrected chi connectivity index (χ2v) is 5.83. The predicted molar refractivity (Wildman–Crippen MR) is 76.5 cm³/mol. The number of hydrogen-bond acceptors (Lipinski definition) is 3. The fourth-order valence-corrected chi connectivity index (χ4v) is 2.29. The van der Waals surface area contributed by atoms with Gasteiger partial charge in [-0.3, -0.25) is 0 Å². The highest BCUT2D eigenvalue weighted by atomic mass is 79.9. The van der Waals surface area contributed by atoms with Gasteiger partial charge in [0.05, 0.1) is 5.60 Å². The van der Waals surface area contributed by atoms with E-state index in [1.54, 1.807) is 0 Å². The molecular formula is C13H21BrN2O. The predicted octanol–water partition coefficient (Wildman–Crippen LogP) is 2.38. The quantitative estimate of drug-likeness (QED) is 0.876. The molecule has 0 bridgehead atoms. The molecule has 0 unspecified atom stereocenters. The third-order valence-corrected chi connectivity index (χ3v) is 3.21. The first-order valence-electron chi connectivity index (χ1n) is 5.70. The normalized spacial score (nSPS) is 11.6. The third kappa shape index (κ3) is 4.66. The molecule has 0 fully saturated rings. The minimum atomic E-state index is -0.690. The molecule has 0 aliphatic rings. The summed E-state index contributed by atoms with van der Waals surface area (Å²) in [7, 11) is 3.91. The van der Waals surface area contributed by atoms with Gasteiger partial charge in [0.2, 0.25) is 0 Å². The molecule has 0 aliphatic carbocycles. The maximum atomic E-state index is 9.79. The Morgan fingerprint density at radius 3 is 2.53 bits per heavy atom. The first-order valence-corrected chi connectivity index (χ1v) is 6.49. The van der Waals surface area contributed by atoms with Gasteiger partial charge < -0.3 is 15.3 Å². The van der Waals surface area contributed by atoms with E-state index in [4.69, 9.17) is 0 Å². The van der Waals surface area contributed by atoms with Crippen molar-refractivity contribution in [3.63, 3.8) is 0 Å². The number of rotatable bonds is 5. The van der Waals surface area contributed by atoms with Gasteiger partial charge in [0.25, 0.3) is 0 Å². The van der Waals surface area contributed by atoms with E-state index in [2.05, 4.69) is 39.4 Å². The lowest BCUT2D eigenvalue weighted by molar-refractivity contribution is 0.0886. The molecular weight excluding hydrogens is 280 g/mol. The summed E-state index contributed by atoms with van der Waals surface area (Å²) < 4.78 is 1.09. The van der Waals surface area contributed by atoms with Crippen molar-refractivity contribution in [1.82, 2.24) is 5.32 Å². The number of nitrogens with one attached hydrogen (secondary N) is 1.